The Morgan fingerprint density at radius 3 is 3.05 bits per heavy atom. The Bertz CT molecular complexity index is 434. The van der Waals surface area contributed by atoms with Gasteiger partial charge in [-0.1, -0.05) is 18.2 Å². The Morgan fingerprint density at radius 2 is 2.11 bits per heavy atom. The van der Waals surface area contributed by atoms with Crippen LogP contribution in [0.2, 0.25) is 0 Å². The molecule has 2 unspecified atom stereocenters. The van der Waals surface area contributed by atoms with Crippen LogP contribution in [0.1, 0.15) is 18.4 Å². The lowest BCUT2D eigenvalue weighted by Crippen LogP contribution is -2.52. The Balaban J connectivity index is 1.36. The van der Waals surface area contributed by atoms with E-state index in [4.69, 9.17) is 0 Å². The maximum Gasteiger partial charge on any atom is 0.0429 e. The van der Waals surface area contributed by atoms with Crippen LogP contribution in [0.5, 0.6) is 0 Å². The summed E-state index contributed by atoms with van der Waals surface area (Å²) < 4.78 is 0. The zero-order valence-corrected chi connectivity index (χ0v) is 11.5. The van der Waals surface area contributed by atoms with E-state index in [1.807, 2.05) is 0 Å². The van der Waals surface area contributed by atoms with Gasteiger partial charge in [-0.15, -0.1) is 0 Å². The average molecular weight is 257 g/mol. The predicted octanol–water partition coefficient (Wildman–Crippen LogP) is 1.80. The molecular weight excluding hydrogens is 234 g/mol. The molecule has 0 saturated carbocycles. The monoisotopic (exact) mass is 257 g/mol. The summed E-state index contributed by atoms with van der Waals surface area (Å²) in [7, 11) is 0. The Morgan fingerprint density at radius 1 is 1.16 bits per heavy atom. The molecule has 0 aromatic heterocycles. The average Bonchev–Trinajstić information content (AvgIpc) is 3.03. The molecule has 0 spiro atoms. The van der Waals surface area contributed by atoms with Gasteiger partial charge in [0, 0.05) is 44.0 Å². The van der Waals surface area contributed by atoms with Crippen molar-refractivity contribution >= 4 is 5.69 Å². The van der Waals surface area contributed by atoms with Crippen molar-refractivity contribution in [1.29, 1.82) is 0 Å². The lowest BCUT2D eigenvalue weighted by molar-refractivity contribution is 0.102. The van der Waals surface area contributed by atoms with Gasteiger partial charge in [-0.3, -0.25) is 9.80 Å². The molecule has 3 heteroatoms. The van der Waals surface area contributed by atoms with Crippen molar-refractivity contribution in [3.05, 3.63) is 29.8 Å². The largest absolute Gasteiger partial charge is 0.380 e. The number of anilines is 1. The molecule has 3 nitrogen and oxygen atoms in total. The van der Waals surface area contributed by atoms with Gasteiger partial charge in [-0.05, 0) is 37.4 Å². The first-order valence-corrected chi connectivity index (χ1v) is 7.69. The number of piperazine rings is 1. The van der Waals surface area contributed by atoms with Crippen LogP contribution in [0.25, 0.3) is 0 Å². The minimum atomic E-state index is 0.616. The van der Waals surface area contributed by atoms with Gasteiger partial charge in [0.25, 0.3) is 0 Å². The maximum atomic E-state index is 3.69. The zero-order valence-electron chi connectivity index (χ0n) is 11.5. The van der Waals surface area contributed by atoms with Gasteiger partial charge < -0.3 is 5.32 Å². The predicted molar refractivity (Wildman–Crippen MR) is 78.6 cm³/mol. The number of nitrogens with one attached hydrogen (secondary N) is 1. The first-order valence-electron chi connectivity index (χ1n) is 7.69. The molecule has 1 N–H and O–H groups in total. The van der Waals surface area contributed by atoms with Crippen molar-refractivity contribution in [3.8, 4) is 0 Å². The smallest absolute Gasteiger partial charge is 0.0429 e. The summed E-state index contributed by atoms with van der Waals surface area (Å²) in [4.78, 5) is 5.36. The molecule has 2 fully saturated rings. The van der Waals surface area contributed by atoms with Gasteiger partial charge in [0.15, 0.2) is 0 Å². The van der Waals surface area contributed by atoms with Crippen molar-refractivity contribution in [2.45, 2.75) is 31.3 Å². The van der Waals surface area contributed by atoms with Crippen molar-refractivity contribution in [2.24, 2.45) is 0 Å². The van der Waals surface area contributed by atoms with Gasteiger partial charge in [0.05, 0.1) is 0 Å². The van der Waals surface area contributed by atoms with Crippen LogP contribution in [0.4, 0.5) is 5.69 Å². The van der Waals surface area contributed by atoms with Crippen LogP contribution in [0, 0.1) is 0 Å². The van der Waals surface area contributed by atoms with E-state index in [1.165, 1.54) is 63.2 Å². The summed E-state index contributed by atoms with van der Waals surface area (Å²) in [5, 5.41) is 3.69. The summed E-state index contributed by atoms with van der Waals surface area (Å²) in [6, 6.07) is 10.2. The standard InChI is InChI=1S/C16H23N3/c1-2-6-16-13(4-1)10-14(17-16)11-18-8-9-19-7-3-5-15(19)12-18/h1-2,4,6,14-15,17H,3,5,7-12H2. The van der Waals surface area contributed by atoms with E-state index < -0.39 is 0 Å². The van der Waals surface area contributed by atoms with Gasteiger partial charge in [0.2, 0.25) is 0 Å². The normalized spacial score (nSPS) is 30.9. The lowest BCUT2D eigenvalue weighted by atomic mass is 10.1. The highest BCUT2D eigenvalue weighted by Gasteiger charge is 2.32. The molecule has 1 aromatic rings. The van der Waals surface area contributed by atoms with Crippen LogP contribution >= 0.6 is 0 Å². The highest BCUT2D eigenvalue weighted by Crippen LogP contribution is 2.27. The quantitative estimate of drug-likeness (QED) is 0.871. The molecule has 2 saturated heterocycles. The molecule has 19 heavy (non-hydrogen) atoms. The number of nitrogens with zero attached hydrogens (tertiary/aromatic N) is 2. The number of fused-ring (bicyclic) bond motifs is 2. The minimum absolute atomic E-state index is 0.616. The van der Waals surface area contributed by atoms with E-state index in [9.17, 15) is 0 Å². The molecule has 4 rings (SSSR count). The van der Waals surface area contributed by atoms with Crippen LogP contribution in [0.15, 0.2) is 24.3 Å². The van der Waals surface area contributed by atoms with E-state index in [2.05, 4.69) is 39.4 Å². The van der Waals surface area contributed by atoms with Crippen LogP contribution in [0.3, 0.4) is 0 Å². The molecule has 3 aliphatic heterocycles. The Kier molecular flexibility index (Phi) is 2.97. The molecule has 1 aromatic carbocycles. The molecule has 3 aliphatic rings. The first-order chi connectivity index (χ1) is 9.38. The number of hydrogen-bond acceptors (Lipinski definition) is 3. The topological polar surface area (TPSA) is 18.5 Å². The van der Waals surface area contributed by atoms with Crippen LogP contribution in [-0.4, -0.2) is 54.6 Å². The summed E-state index contributed by atoms with van der Waals surface area (Å²) >= 11 is 0. The van der Waals surface area contributed by atoms with E-state index >= 15 is 0 Å². The molecule has 0 radical (unpaired) electrons. The molecule has 0 aliphatic carbocycles. The third-order valence-corrected chi connectivity index (χ3v) is 4.99. The number of para-hydroxylation sites is 1. The van der Waals surface area contributed by atoms with E-state index in [-0.39, 0.29) is 0 Å². The minimum Gasteiger partial charge on any atom is -0.380 e. The first kappa shape index (κ1) is 11.7. The Hall–Kier alpha value is -1.06. The third-order valence-electron chi connectivity index (χ3n) is 4.99. The fraction of sp³-hybridized carbons (Fsp3) is 0.625. The summed E-state index contributed by atoms with van der Waals surface area (Å²) in [6.07, 6.45) is 4.02. The van der Waals surface area contributed by atoms with Gasteiger partial charge in [-0.2, -0.15) is 0 Å². The van der Waals surface area contributed by atoms with Crippen LogP contribution in [-0.2, 0) is 6.42 Å². The second-order valence-corrected chi connectivity index (χ2v) is 6.29. The van der Waals surface area contributed by atoms with Gasteiger partial charge in [-0.25, -0.2) is 0 Å². The fourth-order valence-corrected chi connectivity index (χ4v) is 4.02. The van der Waals surface area contributed by atoms with Crippen molar-refractivity contribution in [3.63, 3.8) is 0 Å². The van der Waals surface area contributed by atoms with Crippen molar-refractivity contribution < 1.29 is 0 Å². The molecule has 102 valence electrons. The van der Waals surface area contributed by atoms with Gasteiger partial charge in [0.1, 0.15) is 0 Å². The molecule has 0 bridgehead atoms. The zero-order chi connectivity index (χ0) is 12.7. The number of rotatable bonds is 2. The maximum absolute atomic E-state index is 3.69. The highest BCUT2D eigenvalue weighted by molar-refractivity contribution is 5.56. The lowest BCUT2D eigenvalue weighted by Gasteiger charge is -2.38. The van der Waals surface area contributed by atoms with E-state index in [0.717, 1.165) is 6.04 Å². The van der Waals surface area contributed by atoms with Crippen molar-refractivity contribution in [2.75, 3.05) is 38.0 Å². The number of benzene rings is 1. The summed E-state index contributed by atoms with van der Waals surface area (Å²) in [5.41, 5.74) is 2.85. The molecule has 3 heterocycles. The second-order valence-electron chi connectivity index (χ2n) is 6.29. The summed E-state index contributed by atoms with van der Waals surface area (Å²) in [5.74, 6) is 0. The summed E-state index contributed by atoms with van der Waals surface area (Å²) in [6.45, 7) is 6.37. The molecule has 0 amide bonds. The van der Waals surface area contributed by atoms with E-state index in [1.54, 1.807) is 0 Å². The van der Waals surface area contributed by atoms with Crippen molar-refractivity contribution in [1.82, 2.24) is 9.80 Å². The fourth-order valence-electron chi connectivity index (χ4n) is 4.02. The Labute approximate surface area is 115 Å². The number of hydrogen-bond donors (Lipinski definition) is 1. The highest BCUT2D eigenvalue weighted by atomic mass is 15.3. The van der Waals surface area contributed by atoms with E-state index in [0.29, 0.717) is 6.04 Å². The third kappa shape index (κ3) is 2.26. The second kappa shape index (κ2) is 4.80. The molecular formula is C16H23N3. The SMILES string of the molecule is c1ccc2c(c1)CC(CN1CCN3CCCC3C1)N2. The van der Waals surface area contributed by atoms with Gasteiger partial charge >= 0.3 is 0 Å². The molecule has 2 atom stereocenters. The van der Waals surface area contributed by atoms with Crippen LogP contribution < -0.4 is 5.32 Å².